The number of nitrogens with zero attached hydrogens (tertiary/aromatic N) is 2. The summed E-state index contributed by atoms with van der Waals surface area (Å²) in [5.74, 6) is -1.09. The first kappa shape index (κ1) is 17.1. The molecule has 0 radical (unpaired) electrons. The molecule has 6 heteroatoms. The van der Waals surface area contributed by atoms with E-state index >= 15 is 0 Å². The van der Waals surface area contributed by atoms with Crippen LogP contribution >= 0.6 is 0 Å². The summed E-state index contributed by atoms with van der Waals surface area (Å²) in [5.41, 5.74) is 1.89. The lowest BCUT2D eigenvalue weighted by atomic mass is 10.1. The second-order valence-corrected chi connectivity index (χ2v) is 6.13. The number of hydrogen-bond donors (Lipinski definition) is 3. The van der Waals surface area contributed by atoms with Crippen LogP contribution < -0.4 is 10.2 Å². The molecule has 0 aliphatic carbocycles. The van der Waals surface area contributed by atoms with Gasteiger partial charge < -0.3 is 20.4 Å². The van der Waals surface area contributed by atoms with E-state index in [0.717, 1.165) is 32.7 Å². The lowest BCUT2D eigenvalue weighted by molar-refractivity contribution is 0.0697. The number of nitrogens with one attached hydrogen (secondary N) is 1. The zero-order valence-corrected chi connectivity index (χ0v) is 14.1. The summed E-state index contributed by atoms with van der Waals surface area (Å²) in [6, 6.07) is 14.8. The van der Waals surface area contributed by atoms with Gasteiger partial charge in [0.2, 0.25) is 0 Å². The third-order valence-electron chi connectivity index (χ3n) is 4.47. The quantitative estimate of drug-likeness (QED) is 0.700. The molecule has 0 atom stereocenters. The minimum Gasteiger partial charge on any atom is -0.508 e. The molecule has 3 N–H and O–H groups in total. The number of phenols is 1. The molecule has 0 amide bonds. The van der Waals surface area contributed by atoms with Crippen molar-refractivity contribution in [2.75, 3.05) is 49.5 Å². The molecule has 1 fully saturated rings. The molecule has 2 aromatic carbocycles. The molecule has 1 aliphatic rings. The van der Waals surface area contributed by atoms with E-state index in [0.29, 0.717) is 12.2 Å². The summed E-state index contributed by atoms with van der Waals surface area (Å²) in [6.45, 7) is 5.46. The van der Waals surface area contributed by atoms with Crippen molar-refractivity contribution in [2.45, 2.75) is 0 Å². The topological polar surface area (TPSA) is 76.0 Å². The van der Waals surface area contributed by atoms with Gasteiger partial charge in [0.25, 0.3) is 0 Å². The largest absolute Gasteiger partial charge is 0.508 e. The molecular formula is C19H23N3O3. The SMILES string of the molecule is O=C(O)c1cc(O)ccc1NCCN1CCN(c2ccccc2)CC1. The first-order chi connectivity index (χ1) is 12.1. The van der Waals surface area contributed by atoms with E-state index in [1.807, 2.05) is 6.07 Å². The maximum absolute atomic E-state index is 11.2. The van der Waals surface area contributed by atoms with Crippen LogP contribution in [0.4, 0.5) is 11.4 Å². The zero-order valence-electron chi connectivity index (χ0n) is 14.1. The van der Waals surface area contributed by atoms with Crippen LogP contribution in [0.15, 0.2) is 48.5 Å². The summed E-state index contributed by atoms with van der Waals surface area (Å²) in [4.78, 5) is 16.0. The maximum atomic E-state index is 11.2. The Labute approximate surface area is 147 Å². The van der Waals surface area contributed by atoms with Crippen molar-refractivity contribution >= 4 is 17.3 Å². The predicted octanol–water partition coefficient (Wildman–Crippen LogP) is 2.32. The van der Waals surface area contributed by atoms with Gasteiger partial charge in [-0.3, -0.25) is 4.90 Å². The first-order valence-corrected chi connectivity index (χ1v) is 8.46. The van der Waals surface area contributed by atoms with Gasteiger partial charge in [-0.2, -0.15) is 0 Å². The minimum atomic E-state index is -1.05. The number of piperazine rings is 1. The number of benzene rings is 2. The van der Waals surface area contributed by atoms with Gasteiger partial charge in [0.1, 0.15) is 5.75 Å². The van der Waals surface area contributed by atoms with Crippen LogP contribution in [0, 0.1) is 0 Å². The normalized spacial score (nSPS) is 15.1. The monoisotopic (exact) mass is 341 g/mol. The molecule has 1 saturated heterocycles. The molecule has 0 unspecified atom stereocenters. The van der Waals surface area contributed by atoms with Crippen LogP contribution in [0.3, 0.4) is 0 Å². The number of aromatic carboxylic acids is 1. The van der Waals surface area contributed by atoms with E-state index in [4.69, 9.17) is 0 Å². The summed E-state index contributed by atoms with van der Waals surface area (Å²) in [7, 11) is 0. The van der Waals surface area contributed by atoms with Gasteiger partial charge in [-0.25, -0.2) is 4.79 Å². The van der Waals surface area contributed by atoms with Crippen LogP contribution in [0.2, 0.25) is 0 Å². The maximum Gasteiger partial charge on any atom is 0.337 e. The fraction of sp³-hybridized carbons (Fsp3) is 0.316. The van der Waals surface area contributed by atoms with Crippen molar-refractivity contribution in [3.8, 4) is 5.75 Å². The van der Waals surface area contributed by atoms with Crippen molar-refractivity contribution in [2.24, 2.45) is 0 Å². The van der Waals surface area contributed by atoms with Crippen LogP contribution in [0.1, 0.15) is 10.4 Å². The minimum absolute atomic E-state index is 0.0417. The third kappa shape index (κ3) is 4.42. The molecule has 3 rings (SSSR count). The molecule has 0 aromatic heterocycles. The highest BCUT2D eigenvalue weighted by Gasteiger charge is 2.17. The van der Waals surface area contributed by atoms with Gasteiger partial charge in [-0.05, 0) is 30.3 Å². The third-order valence-corrected chi connectivity index (χ3v) is 4.47. The van der Waals surface area contributed by atoms with Gasteiger partial charge in [0.15, 0.2) is 0 Å². The molecule has 0 bridgehead atoms. The summed E-state index contributed by atoms with van der Waals surface area (Å²) in [6.07, 6.45) is 0. The smallest absolute Gasteiger partial charge is 0.337 e. The number of rotatable bonds is 6. The Hall–Kier alpha value is -2.73. The van der Waals surface area contributed by atoms with Crippen LogP contribution in [-0.2, 0) is 0 Å². The Balaban J connectivity index is 1.47. The average molecular weight is 341 g/mol. The summed E-state index contributed by atoms with van der Waals surface area (Å²) >= 11 is 0. The number of carbonyl (C=O) groups is 1. The van der Waals surface area contributed by atoms with Crippen molar-refractivity contribution < 1.29 is 15.0 Å². The van der Waals surface area contributed by atoms with Crippen LogP contribution in [0.25, 0.3) is 0 Å². The molecule has 0 spiro atoms. The van der Waals surface area contributed by atoms with Gasteiger partial charge in [-0.1, -0.05) is 18.2 Å². The predicted molar refractivity (Wildman–Crippen MR) is 98.7 cm³/mol. The van der Waals surface area contributed by atoms with E-state index in [1.165, 1.54) is 17.8 Å². The second kappa shape index (κ2) is 7.90. The summed E-state index contributed by atoms with van der Waals surface area (Å²) in [5, 5.41) is 21.8. The zero-order chi connectivity index (χ0) is 17.6. The number of hydrogen-bond acceptors (Lipinski definition) is 5. The number of carboxylic acids is 1. The lowest BCUT2D eigenvalue weighted by Gasteiger charge is -2.36. The van der Waals surface area contributed by atoms with Crippen molar-refractivity contribution in [3.05, 3.63) is 54.1 Å². The van der Waals surface area contributed by atoms with E-state index in [2.05, 4.69) is 39.4 Å². The summed E-state index contributed by atoms with van der Waals surface area (Å²) < 4.78 is 0. The molecule has 1 aliphatic heterocycles. The highest BCUT2D eigenvalue weighted by atomic mass is 16.4. The highest BCUT2D eigenvalue weighted by molar-refractivity contribution is 5.94. The number of aromatic hydroxyl groups is 1. The Morgan fingerprint density at radius 3 is 2.44 bits per heavy atom. The molecule has 132 valence electrons. The average Bonchev–Trinajstić information content (AvgIpc) is 2.64. The van der Waals surface area contributed by atoms with E-state index in [9.17, 15) is 15.0 Å². The lowest BCUT2D eigenvalue weighted by Crippen LogP contribution is -2.47. The van der Waals surface area contributed by atoms with Crippen molar-refractivity contribution in [3.63, 3.8) is 0 Å². The van der Waals surface area contributed by atoms with E-state index in [-0.39, 0.29) is 11.3 Å². The molecule has 6 nitrogen and oxygen atoms in total. The number of para-hydroxylation sites is 1. The van der Waals surface area contributed by atoms with Crippen LogP contribution in [-0.4, -0.2) is 60.4 Å². The molecular weight excluding hydrogens is 318 g/mol. The Morgan fingerprint density at radius 2 is 1.76 bits per heavy atom. The van der Waals surface area contributed by atoms with Gasteiger partial charge >= 0.3 is 5.97 Å². The number of phenolic OH excluding ortho intramolecular Hbond substituents is 1. The van der Waals surface area contributed by atoms with E-state index < -0.39 is 5.97 Å². The second-order valence-electron chi connectivity index (χ2n) is 6.13. The standard InChI is InChI=1S/C19H23N3O3/c23-16-6-7-18(17(14-16)19(24)25)20-8-9-21-10-12-22(13-11-21)15-4-2-1-3-5-15/h1-7,14,20,23H,8-13H2,(H,24,25). The number of anilines is 2. The van der Waals surface area contributed by atoms with Gasteiger partial charge in [-0.15, -0.1) is 0 Å². The van der Waals surface area contributed by atoms with Gasteiger partial charge in [0, 0.05) is 50.6 Å². The number of carboxylic acid groups (broad SMARTS) is 1. The van der Waals surface area contributed by atoms with Crippen LogP contribution in [0.5, 0.6) is 5.75 Å². The highest BCUT2D eigenvalue weighted by Crippen LogP contribution is 2.21. The fourth-order valence-corrected chi connectivity index (χ4v) is 3.08. The van der Waals surface area contributed by atoms with Gasteiger partial charge in [0.05, 0.1) is 5.56 Å². The molecule has 25 heavy (non-hydrogen) atoms. The van der Waals surface area contributed by atoms with E-state index in [1.54, 1.807) is 6.07 Å². The first-order valence-electron chi connectivity index (χ1n) is 8.46. The Bertz CT molecular complexity index is 713. The molecule has 0 saturated carbocycles. The Morgan fingerprint density at radius 1 is 1.04 bits per heavy atom. The van der Waals surface area contributed by atoms with Crippen molar-refractivity contribution in [1.82, 2.24) is 4.90 Å². The molecule has 2 aromatic rings. The fourth-order valence-electron chi connectivity index (χ4n) is 3.08. The van der Waals surface area contributed by atoms with Crippen molar-refractivity contribution in [1.29, 1.82) is 0 Å². The Kier molecular flexibility index (Phi) is 5.40. The molecule has 1 heterocycles.